The van der Waals surface area contributed by atoms with Crippen molar-refractivity contribution >= 4 is 39.9 Å². The van der Waals surface area contributed by atoms with Gasteiger partial charge >= 0.3 is 0 Å². The number of benzene rings is 2. The molecule has 2 aliphatic heterocycles. The minimum absolute atomic E-state index is 0.00752. The molecular formula is C29H33N5O3S. The molecule has 2 fully saturated rings. The van der Waals surface area contributed by atoms with Crippen LogP contribution in [0, 0.1) is 18.8 Å². The van der Waals surface area contributed by atoms with E-state index in [0.29, 0.717) is 43.5 Å². The Kier molecular flexibility index (Phi) is 7.83. The van der Waals surface area contributed by atoms with Crippen LogP contribution < -0.4 is 10.2 Å². The van der Waals surface area contributed by atoms with Crippen LogP contribution in [0.3, 0.4) is 0 Å². The molecule has 0 bridgehead atoms. The van der Waals surface area contributed by atoms with E-state index in [4.69, 9.17) is 0 Å². The van der Waals surface area contributed by atoms with Crippen LogP contribution in [-0.4, -0.2) is 52.5 Å². The summed E-state index contributed by atoms with van der Waals surface area (Å²) in [6.07, 6.45) is 2.19. The summed E-state index contributed by atoms with van der Waals surface area (Å²) in [7, 11) is 0. The normalized spacial score (nSPS) is 19.0. The molecule has 5 rings (SSSR count). The lowest BCUT2D eigenvalue weighted by molar-refractivity contribution is -0.138. The van der Waals surface area contributed by atoms with E-state index in [1.807, 2.05) is 54.3 Å². The fourth-order valence-corrected chi connectivity index (χ4v) is 6.09. The van der Waals surface area contributed by atoms with Crippen LogP contribution in [-0.2, 0) is 20.8 Å². The number of aromatic nitrogens is 2. The maximum absolute atomic E-state index is 13.2. The van der Waals surface area contributed by atoms with E-state index in [2.05, 4.69) is 34.6 Å². The van der Waals surface area contributed by atoms with Gasteiger partial charge in [0.25, 0.3) is 0 Å². The highest BCUT2D eigenvalue weighted by molar-refractivity contribution is 7.15. The van der Waals surface area contributed by atoms with E-state index < -0.39 is 0 Å². The predicted octanol–water partition coefficient (Wildman–Crippen LogP) is 4.42. The minimum Gasteiger partial charge on any atom is -0.342 e. The Morgan fingerprint density at radius 3 is 2.45 bits per heavy atom. The summed E-state index contributed by atoms with van der Waals surface area (Å²) in [6.45, 7) is 5.60. The first-order valence-electron chi connectivity index (χ1n) is 13.2. The summed E-state index contributed by atoms with van der Waals surface area (Å²) >= 11 is 1.41. The molecule has 2 saturated heterocycles. The van der Waals surface area contributed by atoms with Gasteiger partial charge in [-0.15, -0.1) is 10.2 Å². The standard InChI is InChI=1S/C29H33N5O3S/c1-19-8-10-24(11-9-19)34-18-23(17-26(34)35)28(37)33-14-12-22(13-15-33)27(36)30-29-32-31-25(38-29)16-20(2)21-6-4-3-5-7-21/h3-11,20,22-23H,12-18H2,1-2H3,(H,30,32,36). The van der Waals surface area contributed by atoms with E-state index in [1.54, 1.807) is 4.90 Å². The smallest absolute Gasteiger partial charge is 0.229 e. The third kappa shape index (κ3) is 5.93. The molecule has 0 saturated carbocycles. The molecule has 1 aromatic heterocycles. The molecule has 3 aromatic rings. The largest absolute Gasteiger partial charge is 0.342 e. The molecule has 0 spiro atoms. The molecule has 0 radical (unpaired) electrons. The highest BCUT2D eigenvalue weighted by atomic mass is 32.1. The van der Waals surface area contributed by atoms with Crippen LogP contribution in [0.25, 0.3) is 0 Å². The van der Waals surface area contributed by atoms with Crippen LogP contribution in [0.2, 0.25) is 0 Å². The van der Waals surface area contributed by atoms with Crippen LogP contribution in [0.4, 0.5) is 10.8 Å². The fraction of sp³-hybridized carbons (Fsp3) is 0.414. The molecule has 2 aromatic carbocycles. The summed E-state index contributed by atoms with van der Waals surface area (Å²) in [6, 6.07) is 18.1. The maximum Gasteiger partial charge on any atom is 0.229 e. The van der Waals surface area contributed by atoms with Gasteiger partial charge < -0.3 is 15.1 Å². The molecule has 3 amide bonds. The third-order valence-electron chi connectivity index (χ3n) is 7.54. The van der Waals surface area contributed by atoms with Gasteiger partial charge in [0.1, 0.15) is 5.01 Å². The minimum atomic E-state index is -0.340. The molecule has 3 heterocycles. The molecule has 2 atom stereocenters. The number of carbonyl (C=O) groups is 3. The van der Waals surface area contributed by atoms with Crippen LogP contribution in [0.5, 0.6) is 0 Å². The van der Waals surface area contributed by atoms with Gasteiger partial charge in [0.2, 0.25) is 22.9 Å². The van der Waals surface area contributed by atoms with E-state index in [-0.39, 0.29) is 36.0 Å². The predicted molar refractivity (Wildman–Crippen MR) is 148 cm³/mol. The number of anilines is 2. The first-order valence-corrected chi connectivity index (χ1v) is 14.0. The van der Waals surface area contributed by atoms with Gasteiger partial charge in [-0.05, 0) is 43.4 Å². The second kappa shape index (κ2) is 11.4. The van der Waals surface area contributed by atoms with Crippen LogP contribution in [0.1, 0.15) is 48.2 Å². The lowest BCUT2D eigenvalue weighted by atomic mass is 9.94. The quantitative estimate of drug-likeness (QED) is 0.487. The van der Waals surface area contributed by atoms with Gasteiger partial charge in [-0.3, -0.25) is 14.4 Å². The number of nitrogens with one attached hydrogen (secondary N) is 1. The summed E-state index contributed by atoms with van der Waals surface area (Å²) < 4.78 is 0. The number of piperidine rings is 1. The SMILES string of the molecule is Cc1ccc(N2CC(C(=O)N3CCC(C(=O)Nc4nnc(CC(C)c5ccccc5)s4)CC3)CC2=O)cc1. The van der Waals surface area contributed by atoms with Gasteiger partial charge in [0, 0.05) is 44.1 Å². The summed E-state index contributed by atoms with van der Waals surface area (Å²) in [5, 5.41) is 12.8. The van der Waals surface area contributed by atoms with Crippen molar-refractivity contribution in [3.05, 3.63) is 70.7 Å². The monoisotopic (exact) mass is 531 g/mol. The second-order valence-electron chi connectivity index (χ2n) is 10.3. The number of amides is 3. The van der Waals surface area contributed by atoms with Crippen LogP contribution in [0.15, 0.2) is 54.6 Å². The molecule has 9 heteroatoms. The van der Waals surface area contributed by atoms with Crippen molar-refractivity contribution in [3.63, 3.8) is 0 Å². The van der Waals surface area contributed by atoms with Gasteiger partial charge in [-0.25, -0.2) is 0 Å². The van der Waals surface area contributed by atoms with Crippen molar-refractivity contribution in [1.29, 1.82) is 0 Å². The number of nitrogens with zero attached hydrogens (tertiary/aromatic N) is 4. The van der Waals surface area contributed by atoms with Crippen molar-refractivity contribution in [3.8, 4) is 0 Å². The number of hydrogen-bond donors (Lipinski definition) is 1. The van der Waals surface area contributed by atoms with Crippen molar-refractivity contribution in [1.82, 2.24) is 15.1 Å². The van der Waals surface area contributed by atoms with Gasteiger partial charge in [-0.2, -0.15) is 0 Å². The number of aryl methyl sites for hydroxylation is 1. The van der Waals surface area contributed by atoms with Gasteiger partial charge in [0.05, 0.1) is 5.92 Å². The lowest BCUT2D eigenvalue weighted by Crippen LogP contribution is -2.44. The van der Waals surface area contributed by atoms with Gasteiger partial charge in [0.15, 0.2) is 0 Å². The zero-order valence-electron chi connectivity index (χ0n) is 21.8. The topological polar surface area (TPSA) is 95.5 Å². The average Bonchev–Trinajstić information content (AvgIpc) is 3.55. The summed E-state index contributed by atoms with van der Waals surface area (Å²) in [5.41, 5.74) is 3.21. The highest BCUT2D eigenvalue weighted by Gasteiger charge is 2.38. The Hall–Kier alpha value is -3.59. The fourth-order valence-electron chi connectivity index (χ4n) is 5.22. The number of rotatable bonds is 7. The third-order valence-corrected chi connectivity index (χ3v) is 8.40. The summed E-state index contributed by atoms with van der Waals surface area (Å²) in [5.74, 6) is -0.286. The van der Waals surface area contributed by atoms with Crippen molar-refractivity contribution < 1.29 is 14.4 Å². The Morgan fingerprint density at radius 1 is 1.03 bits per heavy atom. The van der Waals surface area contributed by atoms with E-state index in [9.17, 15) is 14.4 Å². The first kappa shape index (κ1) is 26.0. The van der Waals surface area contributed by atoms with Crippen molar-refractivity contribution in [2.45, 2.75) is 45.4 Å². The first-order chi connectivity index (χ1) is 18.4. The molecular weight excluding hydrogens is 498 g/mol. The molecule has 38 heavy (non-hydrogen) atoms. The number of likely N-dealkylation sites (tertiary alicyclic amines) is 1. The molecule has 2 aliphatic rings. The Balaban J connectivity index is 1.09. The Labute approximate surface area is 227 Å². The van der Waals surface area contributed by atoms with Crippen molar-refractivity contribution in [2.75, 3.05) is 29.9 Å². The molecule has 1 N–H and O–H groups in total. The number of carbonyl (C=O) groups excluding carboxylic acids is 3. The van der Waals surface area contributed by atoms with E-state index >= 15 is 0 Å². The maximum atomic E-state index is 13.2. The van der Waals surface area contributed by atoms with Gasteiger partial charge in [-0.1, -0.05) is 66.3 Å². The summed E-state index contributed by atoms with van der Waals surface area (Å²) in [4.78, 5) is 42.2. The number of hydrogen-bond acceptors (Lipinski definition) is 6. The van der Waals surface area contributed by atoms with Crippen molar-refractivity contribution in [2.24, 2.45) is 11.8 Å². The second-order valence-corrected chi connectivity index (χ2v) is 11.4. The Bertz CT molecular complexity index is 1290. The lowest BCUT2D eigenvalue weighted by Gasteiger charge is -2.32. The van der Waals surface area contributed by atoms with E-state index in [1.165, 1.54) is 16.9 Å². The van der Waals surface area contributed by atoms with Crippen LogP contribution >= 0.6 is 11.3 Å². The molecule has 198 valence electrons. The zero-order chi connectivity index (χ0) is 26.6. The highest BCUT2D eigenvalue weighted by Crippen LogP contribution is 2.29. The van der Waals surface area contributed by atoms with E-state index in [0.717, 1.165) is 22.7 Å². The average molecular weight is 532 g/mol. The molecule has 2 unspecified atom stereocenters. The Morgan fingerprint density at radius 2 is 1.74 bits per heavy atom. The molecule has 0 aliphatic carbocycles. The molecule has 8 nitrogen and oxygen atoms in total. The zero-order valence-corrected chi connectivity index (χ0v) is 22.6.